The van der Waals surface area contributed by atoms with Gasteiger partial charge >= 0.3 is 0 Å². The summed E-state index contributed by atoms with van der Waals surface area (Å²) in [6.45, 7) is 1.51. The average molecular weight is 285 g/mol. The highest BCUT2D eigenvalue weighted by molar-refractivity contribution is 6.33. The minimum absolute atomic E-state index is 0.0144. The van der Waals surface area contributed by atoms with Crippen LogP contribution in [0.5, 0.6) is 0 Å². The maximum Gasteiger partial charge on any atom is 0.159 e. The number of halogens is 1. The molecule has 0 bridgehead atoms. The third kappa shape index (κ3) is 2.81. The van der Waals surface area contributed by atoms with Crippen LogP contribution in [0.3, 0.4) is 0 Å². The van der Waals surface area contributed by atoms with Gasteiger partial charge in [-0.1, -0.05) is 11.6 Å². The molecule has 4 heteroatoms. The van der Waals surface area contributed by atoms with Gasteiger partial charge in [0.2, 0.25) is 0 Å². The van der Waals surface area contributed by atoms with Crippen molar-refractivity contribution in [3.05, 3.63) is 58.6 Å². The maximum absolute atomic E-state index is 11.3. The van der Waals surface area contributed by atoms with Gasteiger partial charge in [0.15, 0.2) is 5.78 Å². The molecule has 2 rings (SSSR count). The lowest BCUT2D eigenvalue weighted by Gasteiger charge is -2.21. The van der Waals surface area contributed by atoms with Gasteiger partial charge in [-0.25, -0.2) is 0 Å². The van der Waals surface area contributed by atoms with E-state index in [2.05, 4.69) is 6.07 Å². The molecule has 20 heavy (non-hydrogen) atoms. The van der Waals surface area contributed by atoms with Crippen molar-refractivity contribution in [2.45, 2.75) is 6.92 Å². The fourth-order valence-electron chi connectivity index (χ4n) is 1.90. The molecule has 0 radical (unpaired) electrons. The van der Waals surface area contributed by atoms with Crippen LogP contribution in [0.15, 0.2) is 42.5 Å². The molecule has 0 saturated carbocycles. The molecule has 0 N–H and O–H groups in total. The molecule has 0 aliphatic rings. The van der Waals surface area contributed by atoms with E-state index in [1.54, 1.807) is 24.3 Å². The summed E-state index contributed by atoms with van der Waals surface area (Å²) in [6.07, 6.45) is 0. The van der Waals surface area contributed by atoms with Crippen LogP contribution in [0.2, 0.25) is 5.02 Å². The quantitative estimate of drug-likeness (QED) is 0.794. The summed E-state index contributed by atoms with van der Waals surface area (Å²) in [6, 6.07) is 14.5. The summed E-state index contributed by atoms with van der Waals surface area (Å²) in [5.41, 5.74) is 2.93. The lowest BCUT2D eigenvalue weighted by atomic mass is 10.1. The topological polar surface area (TPSA) is 44.1 Å². The number of nitriles is 1. The summed E-state index contributed by atoms with van der Waals surface area (Å²) in [7, 11) is 1.88. The highest BCUT2D eigenvalue weighted by Crippen LogP contribution is 2.31. The standard InChI is InChI=1S/C16H13ClN2O/c1-11(20)13-5-8-16(15(17)9-13)19(2)14-6-3-12(10-18)4-7-14/h3-9H,1-2H3. The normalized spacial score (nSPS) is 9.90. The second-order valence-electron chi connectivity index (χ2n) is 4.44. The number of hydrogen-bond donors (Lipinski definition) is 0. The molecule has 0 saturated heterocycles. The Kier molecular flexibility index (Phi) is 4.07. The van der Waals surface area contributed by atoms with Gasteiger partial charge in [0.1, 0.15) is 0 Å². The molecule has 0 aliphatic heterocycles. The summed E-state index contributed by atoms with van der Waals surface area (Å²) >= 11 is 6.23. The number of hydrogen-bond acceptors (Lipinski definition) is 3. The first kappa shape index (κ1) is 14.1. The van der Waals surface area contributed by atoms with Crippen molar-refractivity contribution in [3.63, 3.8) is 0 Å². The largest absolute Gasteiger partial charge is 0.343 e. The van der Waals surface area contributed by atoms with Crippen LogP contribution in [0.1, 0.15) is 22.8 Å². The van der Waals surface area contributed by atoms with E-state index >= 15 is 0 Å². The van der Waals surface area contributed by atoms with E-state index in [4.69, 9.17) is 16.9 Å². The smallest absolute Gasteiger partial charge is 0.159 e. The Morgan fingerprint density at radius 2 is 1.85 bits per heavy atom. The van der Waals surface area contributed by atoms with Crippen LogP contribution in [0.4, 0.5) is 11.4 Å². The molecule has 0 atom stereocenters. The monoisotopic (exact) mass is 284 g/mol. The van der Waals surface area contributed by atoms with Crippen LogP contribution < -0.4 is 4.90 Å². The number of Topliss-reactive ketones (excluding diaryl/α,β-unsaturated/α-hetero) is 1. The van der Waals surface area contributed by atoms with Crippen molar-refractivity contribution in [3.8, 4) is 6.07 Å². The van der Waals surface area contributed by atoms with Crippen molar-refractivity contribution in [2.75, 3.05) is 11.9 Å². The van der Waals surface area contributed by atoms with Crippen molar-refractivity contribution in [2.24, 2.45) is 0 Å². The molecule has 0 unspecified atom stereocenters. The number of carbonyl (C=O) groups is 1. The Bertz CT molecular complexity index is 687. The van der Waals surface area contributed by atoms with Crippen LogP contribution in [0.25, 0.3) is 0 Å². The van der Waals surface area contributed by atoms with E-state index in [1.165, 1.54) is 6.92 Å². The molecule has 3 nitrogen and oxygen atoms in total. The van der Waals surface area contributed by atoms with Crippen molar-refractivity contribution < 1.29 is 4.79 Å². The Balaban J connectivity index is 2.35. The average Bonchev–Trinajstić information content (AvgIpc) is 2.46. The summed E-state index contributed by atoms with van der Waals surface area (Å²) in [4.78, 5) is 13.2. The van der Waals surface area contributed by atoms with Gasteiger partial charge in [-0.2, -0.15) is 5.26 Å². The predicted octanol–water partition coefficient (Wildman–Crippen LogP) is 4.18. The van der Waals surface area contributed by atoms with E-state index < -0.39 is 0 Å². The molecule has 0 amide bonds. The molecule has 2 aromatic carbocycles. The first-order valence-corrected chi connectivity index (χ1v) is 6.45. The van der Waals surface area contributed by atoms with Crippen LogP contribution in [-0.4, -0.2) is 12.8 Å². The lowest BCUT2D eigenvalue weighted by molar-refractivity contribution is 0.101. The van der Waals surface area contributed by atoms with E-state index in [1.807, 2.05) is 30.1 Å². The second-order valence-corrected chi connectivity index (χ2v) is 4.85. The third-order valence-electron chi connectivity index (χ3n) is 3.10. The molecule has 100 valence electrons. The van der Waals surface area contributed by atoms with Gasteiger partial charge in [0.25, 0.3) is 0 Å². The first-order valence-electron chi connectivity index (χ1n) is 6.07. The summed E-state index contributed by atoms with van der Waals surface area (Å²) < 4.78 is 0. The van der Waals surface area contributed by atoms with Crippen molar-refractivity contribution in [1.82, 2.24) is 0 Å². The Morgan fingerprint density at radius 3 is 2.35 bits per heavy atom. The molecule has 0 heterocycles. The van der Waals surface area contributed by atoms with E-state index in [-0.39, 0.29) is 5.78 Å². The number of ketones is 1. The zero-order valence-electron chi connectivity index (χ0n) is 11.2. The molecule has 0 aromatic heterocycles. The highest BCUT2D eigenvalue weighted by Gasteiger charge is 2.10. The number of carbonyl (C=O) groups excluding carboxylic acids is 1. The Morgan fingerprint density at radius 1 is 1.20 bits per heavy atom. The highest BCUT2D eigenvalue weighted by atomic mass is 35.5. The van der Waals surface area contributed by atoms with Crippen LogP contribution >= 0.6 is 11.6 Å². The Labute approximate surface area is 123 Å². The summed E-state index contributed by atoms with van der Waals surface area (Å²) in [5, 5.41) is 9.31. The SMILES string of the molecule is CC(=O)c1ccc(N(C)c2ccc(C#N)cc2)c(Cl)c1. The van der Waals surface area contributed by atoms with Crippen LogP contribution in [0, 0.1) is 11.3 Å². The minimum Gasteiger partial charge on any atom is -0.343 e. The number of benzene rings is 2. The van der Waals surface area contributed by atoms with Crippen molar-refractivity contribution in [1.29, 1.82) is 5.26 Å². The zero-order valence-corrected chi connectivity index (χ0v) is 12.0. The molecule has 0 fully saturated rings. The predicted molar refractivity (Wildman–Crippen MR) is 80.7 cm³/mol. The van der Waals surface area contributed by atoms with Gasteiger partial charge in [-0.15, -0.1) is 0 Å². The van der Waals surface area contributed by atoms with E-state index in [0.29, 0.717) is 16.1 Å². The maximum atomic E-state index is 11.3. The second kappa shape index (κ2) is 5.77. The number of nitrogens with zero attached hydrogens (tertiary/aromatic N) is 2. The van der Waals surface area contributed by atoms with Crippen molar-refractivity contribution >= 4 is 28.8 Å². The molecular formula is C16H13ClN2O. The molecule has 0 aliphatic carbocycles. The van der Waals surface area contributed by atoms with Gasteiger partial charge in [0, 0.05) is 18.3 Å². The molecule has 2 aromatic rings. The molecule has 0 spiro atoms. The number of rotatable bonds is 3. The van der Waals surface area contributed by atoms with Crippen LogP contribution in [-0.2, 0) is 0 Å². The zero-order chi connectivity index (χ0) is 14.7. The van der Waals surface area contributed by atoms with E-state index in [9.17, 15) is 4.79 Å². The van der Waals surface area contributed by atoms with Gasteiger partial charge in [-0.3, -0.25) is 4.79 Å². The number of anilines is 2. The van der Waals surface area contributed by atoms with E-state index in [0.717, 1.165) is 11.4 Å². The minimum atomic E-state index is -0.0144. The first-order chi connectivity index (χ1) is 9.52. The summed E-state index contributed by atoms with van der Waals surface area (Å²) in [5.74, 6) is -0.0144. The molecular weight excluding hydrogens is 272 g/mol. The fourth-order valence-corrected chi connectivity index (χ4v) is 2.20. The lowest BCUT2D eigenvalue weighted by Crippen LogP contribution is -2.10. The van der Waals surface area contributed by atoms with Gasteiger partial charge in [-0.05, 0) is 49.4 Å². The fraction of sp³-hybridized carbons (Fsp3) is 0.125. The Hall–Kier alpha value is -2.31. The van der Waals surface area contributed by atoms with Gasteiger partial charge in [0.05, 0.1) is 22.3 Å². The third-order valence-corrected chi connectivity index (χ3v) is 3.40. The van der Waals surface area contributed by atoms with Gasteiger partial charge < -0.3 is 4.90 Å².